The Morgan fingerprint density at radius 2 is 1.46 bits per heavy atom. The number of rotatable bonds is 4. The van der Waals surface area contributed by atoms with Gasteiger partial charge in [-0.3, -0.25) is 5.43 Å². The van der Waals surface area contributed by atoms with E-state index in [0.29, 0.717) is 14.9 Å². The number of sulfone groups is 1. The lowest BCUT2D eigenvalue weighted by atomic mass is 10.3. The number of para-hydroxylation sites is 1. The highest BCUT2D eigenvalue weighted by molar-refractivity contribution is 7.91. The second-order valence-electron chi connectivity index (χ2n) is 5.60. The average Bonchev–Trinajstić information content (AvgIpc) is 3.19. The van der Waals surface area contributed by atoms with Crippen LogP contribution in [0.4, 0.5) is 5.13 Å². The minimum Gasteiger partial charge on any atom is -0.494 e. The minimum atomic E-state index is -3.34. The highest BCUT2D eigenvalue weighted by atomic mass is 32.2. The molecule has 3 N–H and O–H groups in total. The molecule has 0 aliphatic rings. The third-order valence-electron chi connectivity index (χ3n) is 3.83. The molecule has 1 aromatic heterocycles. The molecule has 0 unspecified atom stereocenters. The van der Waals surface area contributed by atoms with Crippen LogP contribution in [0.1, 0.15) is 0 Å². The van der Waals surface area contributed by atoms with E-state index in [2.05, 4.69) is 10.4 Å². The predicted octanol–water partition coefficient (Wildman–Crippen LogP) is 4.11. The molecule has 0 saturated heterocycles. The first-order valence-electron chi connectivity index (χ1n) is 8.31. The monoisotopic (exact) mass is 413 g/mol. The number of hydrogen-bond acceptors (Lipinski definition) is 7. The summed E-state index contributed by atoms with van der Waals surface area (Å²) >= 11 is 1.50. The molecule has 3 aromatic carbocycles. The fourth-order valence-corrected chi connectivity index (χ4v) is 4.58. The van der Waals surface area contributed by atoms with Crippen LogP contribution in [-0.2, 0) is 9.84 Å². The number of hydrazine groups is 1. The molecule has 6 nitrogen and oxygen atoms in total. The van der Waals surface area contributed by atoms with Gasteiger partial charge in [0.1, 0.15) is 11.3 Å². The molecular weight excluding hydrogens is 394 g/mol. The van der Waals surface area contributed by atoms with Gasteiger partial charge in [0.05, 0.1) is 21.6 Å². The molecule has 0 aliphatic heterocycles. The van der Waals surface area contributed by atoms with Gasteiger partial charge in [0.25, 0.3) is 0 Å². The number of nitrogens with one attached hydrogen (secondary N) is 1. The van der Waals surface area contributed by atoms with E-state index in [1.807, 2.05) is 18.2 Å². The summed E-state index contributed by atoms with van der Waals surface area (Å²) in [6.45, 7) is 0. The van der Waals surface area contributed by atoms with Crippen molar-refractivity contribution >= 4 is 36.5 Å². The summed E-state index contributed by atoms with van der Waals surface area (Å²) < 4.78 is 30.3. The van der Waals surface area contributed by atoms with E-state index in [4.69, 9.17) is 10.6 Å². The van der Waals surface area contributed by atoms with Gasteiger partial charge < -0.3 is 4.74 Å². The topological polar surface area (TPSA) is 94.3 Å². The number of methoxy groups -OCH3 is 1. The van der Waals surface area contributed by atoms with E-state index in [1.165, 1.54) is 11.3 Å². The zero-order valence-electron chi connectivity index (χ0n) is 15.1. The SMILES string of the molecule is COc1cccc2sc(NN)nc12.O=S(=O)(c1ccccc1)c1ccccc1. The molecular formula is C20H19N3O3S2. The Morgan fingerprint density at radius 1 is 0.893 bits per heavy atom. The number of thiazole rings is 1. The molecule has 0 saturated carbocycles. The molecule has 0 spiro atoms. The van der Waals surface area contributed by atoms with Crippen molar-refractivity contribution in [2.45, 2.75) is 9.79 Å². The van der Waals surface area contributed by atoms with Crippen molar-refractivity contribution in [2.75, 3.05) is 12.5 Å². The van der Waals surface area contributed by atoms with Crippen LogP contribution in [0.3, 0.4) is 0 Å². The zero-order chi connectivity index (χ0) is 20.0. The van der Waals surface area contributed by atoms with Gasteiger partial charge in [0.15, 0.2) is 5.13 Å². The van der Waals surface area contributed by atoms with Crippen LogP contribution in [-0.4, -0.2) is 20.5 Å². The number of aromatic nitrogens is 1. The number of fused-ring (bicyclic) bond motifs is 1. The number of benzene rings is 3. The van der Waals surface area contributed by atoms with E-state index >= 15 is 0 Å². The zero-order valence-corrected chi connectivity index (χ0v) is 16.7. The third-order valence-corrected chi connectivity index (χ3v) is 6.57. The van der Waals surface area contributed by atoms with Crippen LogP contribution in [0, 0.1) is 0 Å². The van der Waals surface area contributed by atoms with Gasteiger partial charge in [-0.25, -0.2) is 19.2 Å². The van der Waals surface area contributed by atoms with Crippen LogP contribution in [0.2, 0.25) is 0 Å². The van der Waals surface area contributed by atoms with E-state index in [0.717, 1.165) is 16.0 Å². The second-order valence-corrected chi connectivity index (χ2v) is 8.58. The van der Waals surface area contributed by atoms with Crippen molar-refractivity contribution in [1.82, 2.24) is 4.98 Å². The molecule has 0 radical (unpaired) electrons. The van der Waals surface area contributed by atoms with Crippen molar-refractivity contribution in [1.29, 1.82) is 0 Å². The quantitative estimate of drug-likeness (QED) is 0.386. The van der Waals surface area contributed by atoms with Crippen molar-refractivity contribution in [2.24, 2.45) is 5.84 Å². The van der Waals surface area contributed by atoms with Crippen LogP contribution in [0.5, 0.6) is 5.75 Å². The summed E-state index contributed by atoms with van der Waals surface area (Å²) in [5.74, 6) is 6.04. The first kappa shape index (κ1) is 19.8. The third kappa shape index (κ3) is 4.30. The highest BCUT2D eigenvalue weighted by Gasteiger charge is 2.15. The van der Waals surface area contributed by atoms with Crippen molar-refractivity contribution < 1.29 is 13.2 Å². The first-order valence-corrected chi connectivity index (χ1v) is 10.6. The van der Waals surface area contributed by atoms with Crippen LogP contribution < -0.4 is 16.0 Å². The van der Waals surface area contributed by atoms with Crippen LogP contribution >= 0.6 is 11.3 Å². The maximum Gasteiger partial charge on any atom is 0.206 e. The lowest BCUT2D eigenvalue weighted by Crippen LogP contribution is -2.05. The summed E-state index contributed by atoms with van der Waals surface area (Å²) in [6, 6.07) is 22.7. The Bertz CT molecular complexity index is 1100. The van der Waals surface area contributed by atoms with Gasteiger partial charge in [0.2, 0.25) is 9.84 Å². The van der Waals surface area contributed by atoms with E-state index in [-0.39, 0.29) is 0 Å². The largest absolute Gasteiger partial charge is 0.494 e. The molecule has 8 heteroatoms. The van der Waals surface area contributed by atoms with Crippen LogP contribution in [0.15, 0.2) is 88.7 Å². The molecule has 0 fully saturated rings. The van der Waals surface area contributed by atoms with Gasteiger partial charge in [-0.05, 0) is 36.4 Å². The van der Waals surface area contributed by atoms with Gasteiger partial charge >= 0.3 is 0 Å². The molecule has 144 valence electrons. The van der Waals surface area contributed by atoms with E-state index < -0.39 is 9.84 Å². The lowest BCUT2D eigenvalue weighted by Gasteiger charge is -2.03. The Balaban J connectivity index is 0.000000162. The fraction of sp³-hybridized carbons (Fsp3) is 0.0500. The molecule has 0 amide bonds. The van der Waals surface area contributed by atoms with Crippen molar-refractivity contribution in [3.63, 3.8) is 0 Å². The fourth-order valence-electron chi connectivity index (χ4n) is 2.49. The Morgan fingerprint density at radius 3 is 1.96 bits per heavy atom. The highest BCUT2D eigenvalue weighted by Crippen LogP contribution is 2.31. The molecule has 1 heterocycles. The maximum atomic E-state index is 12.0. The van der Waals surface area contributed by atoms with Crippen molar-refractivity contribution in [3.8, 4) is 5.75 Å². The standard InChI is InChI=1S/C12H10O2S.C8H9N3OS/c13-15(14,11-7-3-1-4-8-11)12-9-5-2-6-10-12;1-12-5-3-2-4-6-7(5)10-8(11-9)13-6/h1-10H;2-4H,9H2,1H3,(H,10,11). The van der Waals surface area contributed by atoms with Crippen LogP contribution in [0.25, 0.3) is 10.2 Å². The number of nitrogen functional groups attached to an aromatic ring is 1. The lowest BCUT2D eigenvalue weighted by molar-refractivity contribution is 0.419. The van der Waals surface area contributed by atoms with Gasteiger partial charge in [-0.15, -0.1) is 0 Å². The first-order chi connectivity index (χ1) is 13.6. The summed E-state index contributed by atoms with van der Waals surface area (Å²) in [6.07, 6.45) is 0. The molecule has 28 heavy (non-hydrogen) atoms. The molecule has 0 aliphatic carbocycles. The van der Waals surface area contributed by atoms with Gasteiger partial charge in [0, 0.05) is 0 Å². The number of anilines is 1. The molecule has 4 rings (SSSR count). The number of ether oxygens (including phenoxy) is 1. The number of hydrogen-bond donors (Lipinski definition) is 2. The number of nitrogens with zero attached hydrogens (tertiary/aromatic N) is 1. The molecule has 4 aromatic rings. The Labute approximate surface area is 167 Å². The Kier molecular flexibility index (Phi) is 6.25. The van der Waals surface area contributed by atoms with Gasteiger partial charge in [-0.2, -0.15) is 0 Å². The maximum absolute atomic E-state index is 12.0. The number of nitrogens with two attached hydrogens (primary N) is 1. The normalized spacial score (nSPS) is 10.8. The minimum absolute atomic E-state index is 0.330. The van der Waals surface area contributed by atoms with Gasteiger partial charge in [-0.1, -0.05) is 53.8 Å². The summed E-state index contributed by atoms with van der Waals surface area (Å²) in [7, 11) is -1.71. The average molecular weight is 414 g/mol. The second kappa shape index (κ2) is 8.83. The smallest absolute Gasteiger partial charge is 0.206 e. The Hall–Kier alpha value is -2.94. The predicted molar refractivity (Wildman–Crippen MR) is 112 cm³/mol. The summed E-state index contributed by atoms with van der Waals surface area (Å²) in [5, 5.41) is 0.694. The van der Waals surface area contributed by atoms with E-state index in [1.54, 1.807) is 67.8 Å². The molecule has 0 bridgehead atoms. The summed E-state index contributed by atoms with van der Waals surface area (Å²) in [5.41, 5.74) is 3.37. The van der Waals surface area contributed by atoms with E-state index in [9.17, 15) is 8.42 Å². The molecule has 0 atom stereocenters. The van der Waals surface area contributed by atoms with Crippen molar-refractivity contribution in [3.05, 3.63) is 78.9 Å². The summed E-state index contributed by atoms with van der Waals surface area (Å²) in [4.78, 5) is 4.92.